The Labute approximate surface area is 91.5 Å². The molecule has 2 rings (SSSR count). The number of rotatable bonds is 1. The molecule has 1 radical (unpaired) electrons. The maximum Gasteiger partial charge on any atom is 0.117 e. The molecule has 1 nitrogen and oxygen atoms in total. The first-order valence-corrected chi connectivity index (χ1v) is 5.32. The summed E-state index contributed by atoms with van der Waals surface area (Å²) in [7, 11) is 0. The quantitative estimate of drug-likeness (QED) is 0.726. The van der Waals surface area contributed by atoms with Crippen LogP contribution in [0, 0.1) is 0 Å². The van der Waals surface area contributed by atoms with Crippen LogP contribution in [0.2, 0.25) is 0 Å². The first-order chi connectivity index (χ1) is 6.70. The highest BCUT2D eigenvalue weighted by atomic mass is 79.9. The summed E-state index contributed by atoms with van der Waals surface area (Å²) in [5, 5.41) is 13.7. The zero-order valence-corrected chi connectivity index (χ0v) is 9.41. The van der Waals surface area contributed by atoms with E-state index in [1.165, 1.54) is 0 Å². The van der Waals surface area contributed by atoms with Crippen molar-refractivity contribution in [3.05, 3.63) is 46.4 Å². The van der Waals surface area contributed by atoms with E-state index in [4.69, 9.17) is 0 Å². The average Bonchev–Trinajstić information content (AvgIpc) is 2.17. The summed E-state index contributed by atoms with van der Waals surface area (Å²) in [6, 6.07) is 11.9. The van der Waals surface area contributed by atoms with Gasteiger partial charge in [0.25, 0.3) is 0 Å². The monoisotopic (exact) mass is 249 g/mol. The Hall–Kier alpha value is -0.860. The summed E-state index contributed by atoms with van der Waals surface area (Å²) < 4.78 is 0.902. The van der Waals surface area contributed by atoms with Crippen LogP contribution in [0.3, 0.4) is 0 Å². The van der Waals surface area contributed by atoms with Gasteiger partial charge in [0.2, 0.25) is 0 Å². The molecule has 0 N–H and O–H groups in total. The van der Waals surface area contributed by atoms with Crippen LogP contribution >= 0.6 is 15.9 Å². The lowest BCUT2D eigenvalue weighted by Gasteiger charge is -2.09. The van der Waals surface area contributed by atoms with E-state index in [0.29, 0.717) is 0 Å². The van der Waals surface area contributed by atoms with Crippen LogP contribution in [0.1, 0.15) is 18.6 Å². The fraction of sp³-hybridized carbons (Fsp3) is 0.167. The van der Waals surface area contributed by atoms with Gasteiger partial charge in [-0.15, -0.1) is 0 Å². The lowest BCUT2D eigenvalue weighted by atomic mass is 10.0. The highest BCUT2D eigenvalue weighted by molar-refractivity contribution is 9.10. The molecule has 0 saturated heterocycles. The van der Waals surface area contributed by atoms with Crippen LogP contribution in [-0.2, 0) is 5.11 Å². The molecule has 0 amide bonds. The molecule has 0 aromatic heterocycles. The molecule has 0 bridgehead atoms. The van der Waals surface area contributed by atoms with E-state index in [0.717, 1.165) is 20.8 Å². The van der Waals surface area contributed by atoms with Gasteiger partial charge in [-0.25, -0.2) is 5.11 Å². The Kier molecular flexibility index (Phi) is 2.57. The van der Waals surface area contributed by atoms with Crippen molar-refractivity contribution >= 4 is 26.7 Å². The molecule has 1 unspecified atom stereocenters. The van der Waals surface area contributed by atoms with Crippen molar-refractivity contribution in [1.82, 2.24) is 0 Å². The second-order valence-corrected chi connectivity index (χ2v) is 4.18. The van der Waals surface area contributed by atoms with E-state index in [-0.39, 0.29) is 0 Å². The Morgan fingerprint density at radius 1 is 1.14 bits per heavy atom. The lowest BCUT2D eigenvalue weighted by Crippen LogP contribution is -1.92. The van der Waals surface area contributed by atoms with Crippen molar-refractivity contribution in [2.45, 2.75) is 13.0 Å². The molecule has 0 aliphatic carbocycles. The van der Waals surface area contributed by atoms with Crippen LogP contribution in [0.25, 0.3) is 10.8 Å². The first kappa shape index (κ1) is 9.69. The minimum atomic E-state index is -0.699. The summed E-state index contributed by atoms with van der Waals surface area (Å²) in [5.41, 5.74) is 0.850. The molecule has 14 heavy (non-hydrogen) atoms. The van der Waals surface area contributed by atoms with E-state index in [1.807, 2.05) is 36.4 Å². The number of hydrogen-bond acceptors (Lipinski definition) is 0. The normalized spacial score (nSPS) is 13.1. The molecule has 0 aliphatic rings. The fourth-order valence-electron chi connectivity index (χ4n) is 1.68. The molecule has 71 valence electrons. The third-order valence-corrected chi connectivity index (χ3v) is 3.02. The van der Waals surface area contributed by atoms with Crippen molar-refractivity contribution in [1.29, 1.82) is 0 Å². The Bertz CT molecular complexity index is 463. The van der Waals surface area contributed by atoms with E-state index < -0.39 is 6.10 Å². The zero-order chi connectivity index (χ0) is 10.1. The van der Waals surface area contributed by atoms with Crippen LogP contribution in [0.4, 0.5) is 0 Å². The minimum Gasteiger partial charge on any atom is -0.228 e. The van der Waals surface area contributed by atoms with E-state index in [9.17, 15) is 5.11 Å². The van der Waals surface area contributed by atoms with Gasteiger partial charge in [0.1, 0.15) is 6.10 Å². The SMILES string of the molecule is CC([O])c1c(Br)ccc2ccccc12. The van der Waals surface area contributed by atoms with Gasteiger partial charge in [0.15, 0.2) is 0 Å². The molecule has 2 aromatic rings. The van der Waals surface area contributed by atoms with Gasteiger partial charge in [0, 0.05) is 10.0 Å². The Morgan fingerprint density at radius 2 is 1.86 bits per heavy atom. The van der Waals surface area contributed by atoms with Gasteiger partial charge in [-0.05, 0) is 23.8 Å². The molecule has 2 aromatic carbocycles. The van der Waals surface area contributed by atoms with E-state index >= 15 is 0 Å². The number of fused-ring (bicyclic) bond motifs is 1. The van der Waals surface area contributed by atoms with Crippen molar-refractivity contribution < 1.29 is 5.11 Å². The maximum absolute atomic E-state index is 11.5. The first-order valence-electron chi connectivity index (χ1n) is 4.53. The molecule has 0 heterocycles. The Morgan fingerprint density at radius 3 is 2.57 bits per heavy atom. The molecule has 0 saturated carbocycles. The largest absolute Gasteiger partial charge is 0.228 e. The predicted molar refractivity (Wildman–Crippen MR) is 60.7 cm³/mol. The Balaban J connectivity index is 2.83. The van der Waals surface area contributed by atoms with Crippen molar-refractivity contribution in [3.8, 4) is 0 Å². The molecular weight excluding hydrogens is 240 g/mol. The minimum absolute atomic E-state index is 0.699. The van der Waals surface area contributed by atoms with Gasteiger partial charge >= 0.3 is 0 Å². The standard InChI is InChI=1S/C12H10BrO/c1-8(14)12-10-5-3-2-4-9(10)6-7-11(12)13/h2-8H,1H3. The van der Waals surface area contributed by atoms with Gasteiger partial charge < -0.3 is 0 Å². The van der Waals surface area contributed by atoms with Crippen molar-refractivity contribution in [2.24, 2.45) is 0 Å². The van der Waals surface area contributed by atoms with Crippen LogP contribution in [0.15, 0.2) is 40.9 Å². The lowest BCUT2D eigenvalue weighted by molar-refractivity contribution is 0.107. The number of benzene rings is 2. The molecule has 1 atom stereocenters. The third kappa shape index (κ3) is 1.56. The maximum atomic E-state index is 11.5. The highest BCUT2D eigenvalue weighted by Crippen LogP contribution is 2.31. The fourth-order valence-corrected chi connectivity index (χ4v) is 2.35. The zero-order valence-electron chi connectivity index (χ0n) is 7.83. The summed E-state index contributed by atoms with van der Waals surface area (Å²) in [6.45, 7) is 1.67. The summed E-state index contributed by atoms with van der Waals surface area (Å²) in [6.07, 6.45) is -0.699. The average molecular weight is 250 g/mol. The summed E-state index contributed by atoms with van der Waals surface area (Å²) in [4.78, 5) is 0. The summed E-state index contributed by atoms with van der Waals surface area (Å²) in [5.74, 6) is 0. The van der Waals surface area contributed by atoms with Crippen LogP contribution in [0.5, 0.6) is 0 Å². The van der Waals surface area contributed by atoms with E-state index in [1.54, 1.807) is 6.92 Å². The predicted octanol–water partition coefficient (Wildman–Crippen LogP) is 4.09. The molecule has 0 aliphatic heterocycles. The van der Waals surface area contributed by atoms with Gasteiger partial charge in [0.05, 0.1) is 0 Å². The van der Waals surface area contributed by atoms with Crippen molar-refractivity contribution in [2.75, 3.05) is 0 Å². The molecule has 0 fully saturated rings. The third-order valence-electron chi connectivity index (χ3n) is 2.32. The van der Waals surface area contributed by atoms with Gasteiger partial charge in [-0.1, -0.05) is 46.3 Å². The van der Waals surface area contributed by atoms with Gasteiger partial charge in [-0.3, -0.25) is 0 Å². The summed E-state index contributed by atoms with van der Waals surface area (Å²) >= 11 is 3.42. The van der Waals surface area contributed by atoms with E-state index in [2.05, 4.69) is 15.9 Å². The topological polar surface area (TPSA) is 19.9 Å². The van der Waals surface area contributed by atoms with Crippen molar-refractivity contribution in [3.63, 3.8) is 0 Å². The number of hydrogen-bond donors (Lipinski definition) is 0. The molecule has 2 heteroatoms. The smallest absolute Gasteiger partial charge is 0.117 e. The highest BCUT2D eigenvalue weighted by Gasteiger charge is 2.11. The van der Waals surface area contributed by atoms with Crippen LogP contribution in [-0.4, -0.2) is 0 Å². The van der Waals surface area contributed by atoms with Gasteiger partial charge in [-0.2, -0.15) is 0 Å². The molecular formula is C12H10BrO. The number of halogens is 1. The second-order valence-electron chi connectivity index (χ2n) is 3.32. The second kappa shape index (κ2) is 3.71. The molecule has 0 spiro atoms. The van der Waals surface area contributed by atoms with Crippen LogP contribution < -0.4 is 0 Å².